The molecule has 0 radical (unpaired) electrons. The molecule has 0 N–H and O–H groups in total. The Kier molecular flexibility index (Phi) is 4.70. The Labute approximate surface area is 126 Å². The number of halogens is 2. The van der Waals surface area contributed by atoms with E-state index >= 15 is 0 Å². The van der Waals surface area contributed by atoms with Gasteiger partial charge in [-0.05, 0) is 41.5 Å². The number of esters is 1. The predicted octanol–water partition coefficient (Wildman–Crippen LogP) is 3.60. The van der Waals surface area contributed by atoms with Gasteiger partial charge in [-0.1, -0.05) is 23.7 Å². The monoisotopic (exact) mass is 306 g/mol. The predicted molar refractivity (Wildman–Crippen MR) is 77.1 cm³/mol. The molecule has 2 aromatic rings. The molecule has 1 unspecified atom stereocenters. The van der Waals surface area contributed by atoms with E-state index in [4.69, 9.17) is 11.6 Å². The van der Waals surface area contributed by atoms with Crippen molar-refractivity contribution in [1.82, 2.24) is 0 Å². The van der Waals surface area contributed by atoms with Gasteiger partial charge in [0.15, 0.2) is 0 Å². The summed E-state index contributed by atoms with van der Waals surface area (Å²) in [5, 5.41) is 0.209. The number of rotatable bonds is 4. The van der Waals surface area contributed by atoms with E-state index in [0.29, 0.717) is 23.0 Å². The van der Waals surface area contributed by atoms with Gasteiger partial charge < -0.3 is 9.53 Å². The summed E-state index contributed by atoms with van der Waals surface area (Å²) in [5.74, 6) is -1.73. The van der Waals surface area contributed by atoms with Gasteiger partial charge in [0.25, 0.3) is 0 Å². The number of benzene rings is 2. The maximum Gasteiger partial charge on any atom is 0.337 e. The van der Waals surface area contributed by atoms with Gasteiger partial charge >= 0.3 is 5.97 Å². The van der Waals surface area contributed by atoms with Gasteiger partial charge in [-0.25, -0.2) is 9.18 Å². The molecule has 2 rings (SSSR count). The normalized spacial score (nSPS) is 11.8. The van der Waals surface area contributed by atoms with E-state index in [9.17, 15) is 14.0 Å². The van der Waals surface area contributed by atoms with Crippen molar-refractivity contribution in [1.29, 1.82) is 0 Å². The maximum absolute atomic E-state index is 13.4. The van der Waals surface area contributed by atoms with Crippen molar-refractivity contribution in [3.8, 4) is 0 Å². The van der Waals surface area contributed by atoms with E-state index in [-0.39, 0.29) is 5.02 Å². The van der Waals surface area contributed by atoms with Gasteiger partial charge in [0.2, 0.25) is 0 Å². The van der Waals surface area contributed by atoms with Crippen molar-refractivity contribution in [3.05, 3.63) is 70.0 Å². The Morgan fingerprint density at radius 2 is 2.00 bits per heavy atom. The molecule has 0 aliphatic carbocycles. The highest BCUT2D eigenvalue weighted by molar-refractivity contribution is 6.30. The van der Waals surface area contributed by atoms with E-state index in [0.717, 1.165) is 6.07 Å². The number of methoxy groups -OCH3 is 1. The highest BCUT2D eigenvalue weighted by atomic mass is 35.5. The molecular formula is C16H12ClFO3. The summed E-state index contributed by atoms with van der Waals surface area (Å²) in [4.78, 5) is 22.9. The van der Waals surface area contributed by atoms with Crippen LogP contribution in [0.15, 0.2) is 42.5 Å². The molecule has 0 bridgehead atoms. The standard InChI is InChI=1S/C16H12ClFO3/c1-21-16(20)11-4-2-3-10(5-11)15(9-19)12-6-13(17)8-14(18)7-12/h2-9,15H,1H3. The Morgan fingerprint density at radius 3 is 2.62 bits per heavy atom. The zero-order valence-corrected chi connectivity index (χ0v) is 11.9. The number of hydrogen-bond acceptors (Lipinski definition) is 3. The first-order chi connectivity index (χ1) is 10.0. The molecule has 21 heavy (non-hydrogen) atoms. The van der Waals surface area contributed by atoms with Gasteiger partial charge in [-0.3, -0.25) is 0 Å². The topological polar surface area (TPSA) is 43.4 Å². The first-order valence-electron chi connectivity index (χ1n) is 6.14. The molecule has 0 heterocycles. The van der Waals surface area contributed by atoms with Crippen LogP contribution >= 0.6 is 11.6 Å². The fraction of sp³-hybridized carbons (Fsp3) is 0.125. The van der Waals surface area contributed by atoms with Crippen molar-refractivity contribution < 1.29 is 18.7 Å². The molecule has 0 spiro atoms. The number of aldehydes is 1. The van der Waals surface area contributed by atoms with Crippen LogP contribution in [0, 0.1) is 5.82 Å². The van der Waals surface area contributed by atoms with Crippen molar-refractivity contribution in [3.63, 3.8) is 0 Å². The number of ether oxygens (including phenoxy) is 1. The highest BCUT2D eigenvalue weighted by Crippen LogP contribution is 2.27. The quantitative estimate of drug-likeness (QED) is 0.640. The largest absolute Gasteiger partial charge is 0.465 e. The van der Waals surface area contributed by atoms with Crippen molar-refractivity contribution in [2.24, 2.45) is 0 Å². The van der Waals surface area contributed by atoms with Crippen LogP contribution in [0.1, 0.15) is 27.4 Å². The smallest absolute Gasteiger partial charge is 0.337 e. The molecule has 0 aromatic heterocycles. The van der Waals surface area contributed by atoms with E-state index < -0.39 is 17.7 Å². The zero-order valence-electron chi connectivity index (χ0n) is 11.2. The second-order valence-electron chi connectivity index (χ2n) is 4.43. The Balaban J connectivity index is 2.46. The molecule has 0 saturated heterocycles. The van der Waals surface area contributed by atoms with Crippen LogP contribution in [0.25, 0.3) is 0 Å². The molecule has 5 heteroatoms. The average Bonchev–Trinajstić information content (AvgIpc) is 2.46. The van der Waals surface area contributed by atoms with Crippen LogP contribution in [0.5, 0.6) is 0 Å². The lowest BCUT2D eigenvalue weighted by molar-refractivity contribution is -0.108. The van der Waals surface area contributed by atoms with E-state index in [1.54, 1.807) is 24.3 Å². The van der Waals surface area contributed by atoms with Gasteiger partial charge in [-0.15, -0.1) is 0 Å². The van der Waals surface area contributed by atoms with Gasteiger partial charge in [-0.2, -0.15) is 0 Å². The fourth-order valence-corrected chi connectivity index (χ4v) is 2.31. The van der Waals surface area contributed by atoms with Crippen LogP contribution in [0.4, 0.5) is 4.39 Å². The lowest BCUT2D eigenvalue weighted by Gasteiger charge is -2.13. The van der Waals surface area contributed by atoms with E-state index in [1.165, 1.54) is 19.2 Å². The highest BCUT2D eigenvalue weighted by Gasteiger charge is 2.17. The SMILES string of the molecule is COC(=O)c1cccc(C(C=O)c2cc(F)cc(Cl)c2)c1. The molecule has 0 saturated carbocycles. The minimum absolute atomic E-state index is 0.209. The maximum atomic E-state index is 13.4. The van der Waals surface area contributed by atoms with Crippen LogP contribution in [0.2, 0.25) is 5.02 Å². The summed E-state index contributed by atoms with van der Waals surface area (Å²) < 4.78 is 18.1. The number of hydrogen-bond donors (Lipinski definition) is 0. The first-order valence-corrected chi connectivity index (χ1v) is 6.52. The summed E-state index contributed by atoms with van der Waals surface area (Å²) in [6.45, 7) is 0. The number of carbonyl (C=O) groups is 2. The van der Waals surface area contributed by atoms with E-state index in [2.05, 4.69) is 4.74 Å². The summed E-state index contributed by atoms with van der Waals surface area (Å²) in [6.07, 6.45) is 0.682. The summed E-state index contributed by atoms with van der Waals surface area (Å²) in [7, 11) is 1.28. The summed E-state index contributed by atoms with van der Waals surface area (Å²) in [5.41, 5.74) is 1.32. The van der Waals surface area contributed by atoms with Gasteiger partial charge in [0.1, 0.15) is 12.1 Å². The Hall–Kier alpha value is -2.20. The van der Waals surface area contributed by atoms with Crippen LogP contribution < -0.4 is 0 Å². The third kappa shape index (κ3) is 3.47. The molecule has 0 aliphatic rings. The van der Waals surface area contributed by atoms with Crippen molar-refractivity contribution in [2.45, 2.75) is 5.92 Å². The molecule has 2 aromatic carbocycles. The molecule has 1 atom stereocenters. The Bertz CT molecular complexity index is 665. The van der Waals surface area contributed by atoms with Crippen molar-refractivity contribution >= 4 is 23.9 Å². The van der Waals surface area contributed by atoms with Crippen molar-refractivity contribution in [2.75, 3.05) is 7.11 Å². The lowest BCUT2D eigenvalue weighted by Crippen LogP contribution is -2.06. The van der Waals surface area contributed by atoms with Gasteiger partial charge in [0, 0.05) is 5.02 Å². The summed E-state index contributed by atoms with van der Waals surface area (Å²) in [6, 6.07) is 10.4. The molecule has 0 fully saturated rings. The average molecular weight is 307 g/mol. The molecule has 3 nitrogen and oxygen atoms in total. The third-order valence-electron chi connectivity index (χ3n) is 3.05. The summed E-state index contributed by atoms with van der Waals surface area (Å²) >= 11 is 5.81. The second-order valence-corrected chi connectivity index (χ2v) is 4.87. The minimum atomic E-state index is -0.706. The molecule has 0 aliphatic heterocycles. The van der Waals surface area contributed by atoms with Crippen LogP contribution in [-0.2, 0) is 9.53 Å². The lowest BCUT2D eigenvalue weighted by atomic mass is 9.91. The Morgan fingerprint density at radius 1 is 1.24 bits per heavy atom. The minimum Gasteiger partial charge on any atom is -0.465 e. The van der Waals surface area contributed by atoms with E-state index in [1.807, 2.05) is 0 Å². The van der Waals surface area contributed by atoms with Crippen LogP contribution in [0.3, 0.4) is 0 Å². The van der Waals surface area contributed by atoms with Gasteiger partial charge in [0.05, 0.1) is 18.6 Å². The number of carbonyl (C=O) groups excluding carboxylic acids is 2. The first kappa shape index (κ1) is 15.2. The zero-order chi connectivity index (χ0) is 15.4. The van der Waals surface area contributed by atoms with Crippen LogP contribution in [-0.4, -0.2) is 19.4 Å². The third-order valence-corrected chi connectivity index (χ3v) is 3.27. The molecule has 108 valence electrons. The molecule has 0 amide bonds. The second kappa shape index (κ2) is 6.50. The fourth-order valence-electron chi connectivity index (χ4n) is 2.08. The molecular weight excluding hydrogens is 295 g/mol.